The summed E-state index contributed by atoms with van der Waals surface area (Å²) < 4.78 is 0.851. The van der Waals surface area contributed by atoms with E-state index in [9.17, 15) is 9.90 Å². The first-order valence-corrected chi connectivity index (χ1v) is 6.30. The molecule has 0 saturated carbocycles. The van der Waals surface area contributed by atoms with Crippen molar-refractivity contribution >= 4 is 21.9 Å². The molecule has 1 atom stereocenters. The molecule has 1 aromatic rings. The van der Waals surface area contributed by atoms with Crippen molar-refractivity contribution in [2.24, 2.45) is 0 Å². The first kappa shape index (κ1) is 14.2. The van der Waals surface area contributed by atoms with Gasteiger partial charge in [0.25, 0.3) is 0 Å². The van der Waals surface area contributed by atoms with Crippen LogP contribution in [0.25, 0.3) is 0 Å². The van der Waals surface area contributed by atoms with E-state index in [1.165, 1.54) is 0 Å². The van der Waals surface area contributed by atoms with Gasteiger partial charge in [0.1, 0.15) is 0 Å². The van der Waals surface area contributed by atoms with Crippen LogP contribution in [0.3, 0.4) is 0 Å². The van der Waals surface area contributed by atoms with Gasteiger partial charge in [-0.1, -0.05) is 34.1 Å². The van der Waals surface area contributed by atoms with Crippen molar-refractivity contribution in [3.63, 3.8) is 0 Å². The SMILES string of the molecule is CN(C)CCC(C)(C(=O)O)c1ccccc1Br. The molecule has 1 rings (SSSR count). The lowest BCUT2D eigenvalue weighted by molar-refractivity contribution is -0.143. The fraction of sp³-hybridized carbons (Fsp3) is 0.462. The van der Waals surface area contributed by atoms with Gasteiger partial charge in [-0.15, -0.1) is 0 Å². The van der Waals surface area contributed by atoms with E-state index in [1.807, 2.05) is 43.3 Å². The maximum atomic E-state index is 11.5. The van der Waals surface area contributed by atoms with Crippen molar-refractivity contribution in [2.75, 3.05) is 20.6 Å². The summed E-state index contributed by atoms with van der Waals surface area (Å²) in [6, 6.07) is 7.51. The number of carboxylic acid groups (broad SMARTS) is 1. The molecule has 1 unspecified atom stereocenters. The lowest BCUT2D eigenvalue weighted by Crippen LogP contribution is -2.36. The van der Waals surface area contributed by atoms with Crippen molar-refractivity contribution in [1.82, 2.24) is 4.90 Å². The van der Waals surface area contributed by atoms with Gasteiger partial charge in [-0.25, -0.2) is 0 Å². The summed E-state index contributed by atoms with van der Waals surface area (Å²) in [4.78, 5) is 13.5. The molecule has 1 N–H and O–H groups in total. The van der Waals surface area contributed by atoms with E-state index >= 15 is 0 Å². The molecule has 0 amide bonds. The summed E-state index contributed by atoms with van der Waals surface area (Å²) in [6.07, 6.45) is 0.581. The second-order valence-electron chi connectivity index (χ2n) is 4.67. The molecule has 0 bridgehead atoms. The van der Waals surface area contributed by atoms with Gasteiger partial charge >= 0.3 is 5.97 Å². The van der Waals surface area contributed by atoms with Gasteiger partial charge < -0.3 is 10.0 Å². The molecule has 3 nitrogen and oxygen atoms in total. The molecule has 0 aliphatic carbocycles. The number of carbonyl (C=O) groups is 1. The molecule has 0 aliphatic heterocycles. The van der Waals surface area contributed by atoms with Crippen LogP contribution in [0.5, 0.6) is 0 Å². The summed E-state index contributed by atoms with van der Waals surface area (Å²) >= 11 is 3.43. The van der Waals surface area contributed by atoms with Gasteiger partial charge in [0.15, 0.2) is 0 Å². The van der Waals surface area contributed by atoms with E-state index in [2.05, 4.69) is 15.9 Å². The number of hydrogen-bond acceptors (Lipinski definition) is 2. The van der Waals surface area contributed by atoms with Crippen molar-refractivity contribution in [2.45, 2.75) is 18.8 Å². The van der Waals surface area contributed by atoms with Gasteiger partial charge in [0.2, 0.25) is 0 Å². The Morgan fingerprint density at radius 1 is 1.41 bits per heavy atom. The molecule has 4 heteroatoms. The Morgan fingerprint density at radius 2 is 2.00 bits per heavy atom. The number of halogens is 1. The standard InChI is InChI=1S/C13H18BrNO2/c1-13(12(16)17,8-9-15(2)3)10-6-4-5-7-11(10)14/h4-7H,8-9H2,1-3H3,(H,16,17). The molecule has 0 aliphatic rings. The normalized spacial score (nSPS) is 14.6. The molecular weight excluding hydrogens is 282 g/mol. The van der Waals surface area contributed by atoms with Crippen molar-refractivity contribution in [1.29, 1.82) is 0 Å². The minimum Gasteiger partial charge on any atom is -0.481 e. The number of benzene rings is 1. The summed E-state index contributed by atoms with van der Waals surface area (Å²) in [5.74, 6) is -0.786. The van der Waals surface area contributed by atoms with Gasteiger partial charge in [-0.05, 0) is 45.6 Å². The van der Waals surface area contributed by atoms with Crippen LogP contribution in [0.2, 0.25) is 0 Å². The maximum Gasteiger partial charge on any atom is 0.313 e. The van der Waals surface area contributed by atoms with Crippen LogP contribution >= 0.6 is 15.9 Å². The average molecular weight is 300 g/mol. The largest absolute Gasteiger partial charge is 0.481 e. The monoisotopic (exact) mass is 299 g/mol. The highest BCUT2D eigenvalue weighted by Crippen LogP contribution is 2.33. The molecule has 1 aromatic carbocycles. The number of aliphatic carboxylic acids is 1. The van der Waals surface area contributed by atoms with E-state index in [0.717, 1.165) is 16.6 Å². The van der Waals surface area contributed by atoms with Crippen LogP contribution in [0.1, 0.15) is 18.9 Å². The first-order chi connectivity index (χ1) is 7.88. The summed E-state index contributed by atoms with van der Waals surface area (Å²) in [5, 5.41) is 9.48. The second kappa shape index (κ2) is 5.65. The quantitative estimate of drug-likeness (QED) is 0.909. The molecule has 0 aromatic heterocycles. The first-order valence-electron chi connectivity index (χ1n) is 5.51. The number of rotatable bonds is 5. The van der Waals surface area contributed by atoms with Gasteiger partial charge in [0, 0.05) is 4.47 Å². The third-order valence-electron chi connectivity index (χ3n) is 3.00. The van der Waals surface area contributed by atoms with Crippen LogP contribution in [0, 0.1) is 0 Å². The third kappa shape index (κ3) is 3.30. The van der Waals surface area contributed by atoms with Crippen molar-refractivity contribution in [3.05, 3.63) is 34.3 Å². The Hall–Kier alpha value is -0.870. The van der Waals surface area contributed by atoms with Crippen LogP contribution in [0.15, 0.2) is 28.7 Å². The predicted octanol–water partition coefficient (Wildman–Crippen LogP) is 2.74. The van der Waals surface area contributed by atoms with Gasteiger partial charge in [0.05, 0.1) is 5.41 Å². The minimum atomic E-state index is -0.857. The van der Waals surface area contributed by atoms with E-state index in [-0.39, 0.29) is 0 Å². The molecule has 0 fully saturated rings. The van der Waals surface area contributed by atoms with E-state index in [1.54, 1.807) is 6.92 Å². The molecule has 94 valence electrons. The number of nitrogens with zero attached hydrogens (tertiary/aromatic N) is 1. The zero-order chi connectivity index (χ0) is 13.1. The third-order valence-corrected chi connectivity index (χ3v) is 3.69. The molecule has 0 radical (unpaired) electrons. The Balaban J connectivity index is 3.08. The van der Waals surface area contributed by atoms with Crippen LogP contribution < -0.4 is 0 Å². The zero-order valence-corrected chi connectivity index (χ0v) is 12.0. The highest BCUT2D eigenvalue weighted by atomic mass is 79.9. The molecular formula is C13H18BrNO2. The summed E-state index contributed by atoms with van der Waals surface area (Å²) in [5.41, 5.74) is -0.0287. The molecule has 17 heavy (non-hydrogen) atoms. The highest BCUT2D eigenvalue weighted by Gasteiger charge is 2.36. The fourth-order valence-electron chi connectivity index (χ4n) is 1.71. The topological polar surface area (TPSA) is 40.5 Å². The minimum absolute atomic E-state index is 0.581. The van der Waals surface area contributed by atoms with Crippen molar-refractivity contribution < 1.29 is 9.90 Å². The van der Waals surface area contributed by atoms with E-state index in [0.29, 0.717) is 6.42 Å². The van der Waals surface area contributed by atoms with Crippen LogP contribution in [0.4, 0.5) is 0 Å². The van der Waals surface area contributed by atoms with E-state index in [4.69, 9.17) is 0 Å². The fourth-order valence-corrected chi connectivity index (χ4v) is 2.44. The highest BCUT2D eigenvalue weighted by molar-refractivity contribution is 9.10. The van der Waals surface area contributed by atoms with Crippen LogP contribution in [-0.4, -0.2) is 36.6 Å². The molecule has 0 saturated heterocycles. The number of carboxylic acids is 1. The zero-order valence-electron chi connectivity index (χ0n) is 10.4. The number of hydrogen-bond donors (Lipinski definition) is 1. The predicted molar refractivity (Wildman–Crippen MR) is 72.3 cm³/mol. The maximum absolute atomic E-state index is 11.5. The Bertz CT molecular complexity index is 406. The average Bonchev–Trinajstić information content (AvgIpc) is 2.26. The Morgan fingerprint density at radius 3 is 2.47 bits per heavy atom. The van der Waals surface area contributed by atoms with Gasteiger partial charge in [-0.2, -0.15) is 0 Å². The molecule has 0 heterocycles. The van der Waals surface area contributed by atoms with Crippen molar-refractivity contribution in [3.8, 4) is 0 Å². The smallest absolute Gasteiger partial charge is 0.313 e. The lowest BCUT2D eigenvalue weighted by Gasteiger charge is -2.27. The summed E-state index contributed by atoms with van der Waals surface area (Å²) in [6.45, 7) is 2.52. The Labute approximate surface area is 111 Å². The van der Waals surface area contributed by atoms with Gasteiger partial charge in [-0.3, -0.25) is 4.79 Å². The van der Waals surface area contributed by atoms with E-state index < -0.39 is 11.4 Å². The van der Waals surface area contributed by atoms with Crippen LogP contribution in [-0.2, 0) is 10.2 Å². The second-order valence-corrected chi connectivity index (χ2v) is 5.52. The lowest BCUT2D eigenvalue weighted by atomic mass is 9.79. The summed E-state index contributed by atoms with van der Waals surface area (Å²) in [7, 11) is 3.89. The molecule has 0 spiro atoms. The Kier molecular flexibility index (Phi) is 4.71.